The molecule has 29 heavy (non-hydrogen) atoms. The van der Waals surface area contributed by atoms with E-state index in [1.807, 2.05) is 6.07 Å². The molecule has 0 saturated carbocycles. The van der Waals surface area contributed by atoms with Gasteiger partial charge in [0.1, 0.15) is 11.6 Å². The lowest BCUT2D eigenvalue weighted by Crippen LogP contribution is -2.20. The number of halogens is 1. The number of carbonyl (C=O) groups excluding carboxylic acids is 1. The van der Waals surface area contributed by atoms with E-state index < -0.39 is 0 Å². The highest BCUT2D eigenvalue weighted by molar-refractivity contribution is 5.95. The van der Waals surface area contributed by atoms with Crippen molar-refractivity contribution in [2.75, 3.05) is 11.9 Å². The number of benzene rings is 2. The summed E-state index contributed by atoms with van der Waals surface area (Å²) in [5.74, 6) is 0.302. The van der Waals surface area contributed by atoms with Gasteiger partial charge in [0.15, 0.2) is 6.61 Å². The fraction of sp³-hybridized carbons (Fsp3) is 0.0476. The summed E-state index contributed by atoms with van der Waals surface area (Å²) in [5.41, 5.74) is 1.79. The Labute approximate surface area is 165 Å². The maximum atomic E-state index is 12.9. The highest BCUT2D eigenvalue weighted by Gasteiger charge is 2.15. The molecule has 0 aliphatic carbocycles. The van der Waals surface area contributed by atoms with Crippen molar-refractivity contribution in [3.63, 3.8) is 0 Å². The molecule has 0 unspecified atom stereocenters. The van der Waals surface area contributed by atoms with Crippen LogP contribution in [0.2, 0.25) is 0 Å². The molecule has 2 heterocycles. The number of hydrogen-bond acceptors (Lipinski definition) is 6. The molecular formula is C21H15FN4O3. The molecule has 0 aliphatic heterocycles. The summed E-state index contributed by atoms with van der Waals surface area (Å²) in [5, 5.41) is 6.73. The SMILES string of the molecule is O=C(COc1ccc(F)cc1)Nc1ccccc1-c1nc(-c2cccnc2)no1. The number of anilines is 1. The van der Waals surface area contributed by atoms with Crippen molar-refractivity contribution in [1.82, 2.24) is 15.1 Å². The Bertz CT molecular complexity index is 1110. The molecule has 2 aromatic heterocycles. The van der Waals surface area contributed by atoms with E-state index in [1.54, 1.807) is 42.7 Å². The molecule has 0 atom stereocenters. The highest BCUT2D eigenvalue weighted by Crippen LogP contribution is 2.28. The van der Waals surface area contributed by atoms with E-state index in [-0.39, 0.29) is 24.2 Å². The van der Waals surface area contributed by atoms with Crippen LogP contribution >= 0.6 is 0 Å². The number of nitrogens with one attached hydrogen (secondary N) is 1. The third-order valence-electron chi connectivity index (χ3n) is 3.96. The molecule has 0 spiro atoms. The van der Waals surface area contributed by atoms with Crippen LogP contribution in [0.3, 0.4) is 0 Å². The van der Waals surface area contributed by atoms with E-state index in [9.17, 15) is 9.18 Å². The van der Waals surface area contributed by atoms with Gasteiger partial charge in [0.05, 0.1) is 11.3 Å². The standard InChI is InChI=1S/C21H15FN4O3/c22-15-7-9-16(10-8-15)28-13-19(27)24-18-6-2-1-5-17(18)21-25-20(26-29-21)14-4-3-11-23-12-14/h1-12H,13H2,(H,24,27). The number of amides is 1. The van der Waals surface area contributed by atoms with Gasteiger partial charge in [-0.3, -0.25) is 9.78 Å². The minimum Gasteiger partial charge on any atom is -0.484 e. The van der Waals surface area contributed by atoms with Crippen molar-refractivity contribution < 1.29 is 18.4 Å². The number of rotatable bonds is 6. The first-order chi connectivity index (χ1) is 14.2. The van der Waals surface area contributed by atoms with Crippen LogP contribution in [0.15, 0.2) is 77.6 Å². The second-order valence-corrected chi connectivity index (χ2v) is 6.00. The summed E-state index contributed by atoms with van der Waals surface area (Å²) >= 11 is 0. The summed E-state index contributed by atoms with van der Waals surface area (Å²) < 4.78 is 23.7. The van der Waals surface area contributed by atoms with Gasteiger partial charge in [0, 0.05) is 18.0 Å². The van der Waals surface area contributed by atoms with E-state index in [0.717, 1.165) is 5.56 Å². The first kappa shape index (κ1) is 18.3. The molecule has 1 amide bonds. The second kappa shape index (κ2) is 8.30. The molecule has 4 rings (SSSR count). The van der Waals surface area contributed by atoms with Crippen molar-refractivity contribution in [3.8, 4) is 28.6 Å². The average Bonchev–Trinajstić information content (AvgIpc) is 3.24. The van der Waals surface area contributed by atoms with Crippen LogP contribution in [-0.4, -0.2) is 27.6 Å². The molecule has 144 valence electrons. The summed E-state index contributed by atoms with van der Waals surface area (Å²) in [6.45, 7) is -0.231. The molecule has 4 aromatic rings. The Morgan fingerprint density at radius 3 is 2.69 bits per heavy atom. The Morgan fingerprint density at radius 1 is 1.07 bits per heavy atom. The lowest BCUT2D eigenvalue weighted by atomic mass is 10.1. The van der Waals surface area contributed by atoms with E-state index in [1.165, 1.54) is 24.3 Å². The van der Waals surface area contributed by atoms with E-state index >= 15 is 0 Å². The number of aromatic nitrogens is 3. The third kappa shape index (κ3) is 4.44. The first-order valence-electron chi connectivity index (χ1n) is 8.71. The summed E-state index contributed by atoms with van der Waals surface area (Å²) in [6, 6.07) is 16.1. The van der Waals surface area contributed by atoms with E-state index in [0.29, 0.717) is 22.8 Å². The van der Waals surface area contributed by atoms with Crippen LogP contribution in [0.4, 0.5) is 10.1 Å². The largest absolute Gasteiger partial charge is 0.484 e. The highest BCUT2D eigenvalue weighted by atomic mass is 19.1. The van der Waals surface area contributed by atoms with Crippen molar-refractivity contribution in [3.05, 3.63) is 78.9 Å². The molecule has 2 aromatic carbocycles. The Morgan fingerprint density at radius 2 is 1.90 bits per heavy atom. The van der Waals surface area contributed by atoms with Crippen molar-refractivity contribution in [2.24, 2.45) is 0 Å². The molecule has 7 nitrogen and oxygen atoms in total. The summed E-state index contributed by atoms with van der Waals surface area (Å²) in [4.78, 5) is 20.7. The topological polar surface area (TPSA) is 90.1 Å². The molecule has 0 aliphatic rings. The molecule has 0 radical (unpaired) electrons. The number of para-hydroxylation sites is 1. The zero-order chi connectivity index (χ0) is 20.1. The number of pyridine rings is 1. The monoisotopic (exact) mass is 390 g/mol. The van der Waals surface area contributed by atoms with Crippen LogP contribution in [0.25, 0.3) is 22.8 Å². The fourth-order valence-electron chi connectivity index (χ4n) is 2.59. The van der Waals surface area contributed by atoms with Gasteiger partial charge in [0.25, 0.3) is 11.8 Å². The van der Waals surface area contributed by atoms with Gasteiger partial charge in [-0.1, -0.05) is 17.3 Å². The number of nitrogens with zero attached hydrogens (tertiary/aromatic N) is 3. The number of hydrogen-bond donors (Lipinski definition) is 1. The predicted octanol–water partition coefficient (Wildman–Crippen LogP) is 3.96. The third-order valence-corrected chi connectivity index (χ3v) is 3.96. The van der Waals surface area contributed by atoms with Crippen molar-refractivity contribution in [1.29, 1.82) is 0 Å². The van der Waals surface area contributed by atoms with Gasteiger partial charge >= 0.3 is 0 Å². The normalized spacial score (nSPS) is 10.5. The fourth-order valence-corrected chi connectivity index (χ4v) is 2.59. The van der Waals surface area contributed by atoms with Crippen LogP contribution in [0.1, 0.15) is 0 Å². The smallest absolute Gasteiger partial charge is 0.262 e. The molecular weight excluding hydrogens is 375 g/mol. The van der Waals surface area contributed by atoms with Crippen molar-refractivity contribution >= 4 is 11.6 Å². The zero-order valence-corrected chi connectivity index (χ0v) is 15.1. The van der Waals surface area contributed by atoms with Gasteiger partial charge in [-0.15, -0.1) is 0 Å². The molecule has 1 N–H and O–H groups in total. The van der Waals surface area contributed by atoms with Gasteiger partial charge < -0.3 is 14.6 Å². The number of carbonyl (C=O) groups is 1. The molecule has 0 fully saturated rings. The van der Waals surface area contributed by atoms with E-state index in [2.05, 4.69) is 20.4 Å². The van der Waals surface area contributed by atoms with Crippen LogP contribution in [-0.2, 0) is 4.79 Å². The lowest BCUT2D eigenvalue weighted by Gasteiger charge is -2.09. The van der Waals surface area contributed by atoms with E-state index in [4.69, 9.17) is 9.26 Å². The average molecular weight is 390 g/mol. The first-order valence-corrected chi connectivity index (χ1v) is 8.71. The number of ether oxygens (including phenoxy) is 1. The van der Waals surface area contributed by atoms with Crippen LogP contribution < -0.4 is 10.1 Å². The minimum atomic E-state index is -0.381. The predicted molar refractivity (Wildman–Crippen MR) is 103 cm³/mol. The quantitative estimate of drug-likeness (QED) is 0.536. The Hall–Kier alpha value is -4.07. The van der Waals surface area contributed by atoms with Gasteiger partial charge in [-0.2, -0.15) is 4.98 Å². The second-order valence-electron chi connectivity index (χ2n) is 6.00. The van der Waals surface area contributed by atoms with Gasteiger partial charge in [-0.25, -0.2) is 4.39 Å². The minimum absolute atomic E-state index is 0.231. The molecule has 0 bridgehead atoms. The molecule has 8 heteroatoms. The van der Waals surface area contributed by atoms with Gasteiger partial charge in [-0.05, 0) is 48.5 Å². The van der Waals surface area contributed by atoms with Crippen LogP contribution in [0, 0.1) is 5.82 Å². The maximum absolute atomic E-state index is 12.9. The Balaban J connectivity index is 1.48. The van der Waals surface area contributed by atoms with Gasteiger partial charge in [0.2, 0.25) is 5.82 Å². The zero-order valence-electron chi connectivity index (χ0n) is 15.1. The summed E-state index contributed by atoms with van der Waals surface area (Å²) in [7, 11) is 0. The lowest BCUT2D eigenvalue weighted by molar-refractivity contribution is -0.118. The summed E-state index contributed by atoms with van der Waals surface area (Å²) in [6.07, 6.45) is 3.29. The molecule has 0 saturated heterocycles. The maximum Gasteiger partial charge on any atom is 0.262 e. The van der Waals surface area contributed by atoms with Crippen LogP contribution in [0.5, 0.6) is 5.75 Å². The Kier molecular flexibility index (Phi) is 5.24. The van der Waals surface area contributed by atoms with Crippen molar-refractivity contribution in [2.45, 2.75) is 0 Å².